The highest BCUT2D eigenvalue weighted by Crippen LogP contribution is 2.04. The third-order valence-corrected chi connectivity index (χ3v) is 1.02. The van der Waals surface area contributed by atoms with Crippen LogP contribution in [0, 0.1) is 0 Å². The maximum absolute atomic E-state index is 8.52. The minimum Gasteiger partial charge on any atom is -0.458 e. The van der Waals surface area contributed by atoms with Crippen LogP contribution in [-0.4, -0.2) is 16.5 Å². The first-order chi connectivity index (χ1) is 4.86. The fraction of sp³-hybridized carbons (Fsp3) is 0.167. The normalized spacial score (nSPS) is 10.9. The van der Waals surface area contributed by atoms with Gasteiger partial charge in [0.25, 0.3) is 0 Å². The number of oxime groups is 1. The molecule has 0 aliphatic rings. The lowest BCUT2D eigenvalue weighted by atomic mass is 10.4. The van der Waals surface area contributed by atoms with Crippen LogP contribution in [0.5, 0.6) is 0 Å². The first kappa shape index (κ1) is 6.82. The standard InChI is InChI=1S/C6H7NO3/c8-4-6-2-1-5(10-6)3-7-9/h1-3,8-9H,4H2/b7-3+. The van der Waals surface area contributed by atoms with Crippen LogP contribution in [0.2, 0.25) is 0 Å². The number of hydrogen-bond acceptors (Lipinski definition) is 4. The molecule has 1 rings (SSSR count). The molecule has 2 N–H and O–H groups in total. The molecule has 1 aromatic heterocycles. The summed E-state index contributed by atoms with van der Waals surface area (Å²) in [4.78, 5) is 0. The van der Waals surface area contributed by atoms with E-state index in [0.717, 1.165) is 6.21 Å². The summed E-state index contributed by atoms with van der Waals surface area (Å²) in [5.74, 6) is 0.876. The van der Waals surface area contributed by atoms with E-state index in [1.165, 1.54) is 0 Å². The van der Waals surface area contributed by atoms with Crippen LogP contribution in [0.1, 0.15) is 11.5 Å². The number of aliphatic hydroxyl groups is 1. The van der Waals surface area contributed by atoms with Gasteiger partial charge >= 0.3 is 0 Å². The maximum Gasteiger partial charge on any atom is 0.148 e. The molecule has 0 saturated carbocycles. The second-order valence-electron chi connectivity index (χ2n) is 1.71. The number of furan rings is 1. The fourth-order valence-corrected chi connectivity index (χ4v) is 0.606. The van der Waals surface area contributed by atoms with Crippen LogP contribution in [0.15, 0.2) is 21.7 Å². The summed E-state index contributed by atoms with van der Waals surface area (Å²) in [6.45, 7) is -0.140. The molecule has 0 spiro atoms. The van der Waals surface area contributed by atoms with Crippen molar-refractivity contribution >= 4 is 6.21 Å². The van der Waals surface area contributed by atoms with E-state index in [1.54, 1.807) is 12.1 Å². The lowest BCUT2D eigenvalue weighted by Gasteiger charge is -1.83. The van der Waals surface area contributed by atoms with Gasteiger partial charge < -0.3 is 14.7 Å². The third kappa shape index (κ3) is 1.35. The summed E-state index contributed by atoms with van der Waals surface area (Å²) >= 11 is 0. The Morgan fingerprint density at radius 3 is 2.90 bits per heavy atom. The zero-order valence-electron chi connectivity index (χ0n) is 5.19. The lowest BCUT2D eigenvalue weighted by Crippen LogP contribution is -1.76. The van der Waals surface area contributed by atoms with Gasteiger partial charge in [0.05, 0.1) is 0 Å². The van der Waals surface area contributed by atoms with E-state index in [2.05, 4.69) is 5.16 Å². The zero-order chi connectivity index (χ0) is 7.40. The Kier molecular flexibility index (Phi) is 2.07. The topological polar surface area (TPSA) is 66.0 Å². The summed E-state index contributed by atoms with van der Waals surface area (Å²) in [6, 6.07) is 3.21. The van der Waals surface area contributed by atoms with Crippen LogP contribution < -0.4 is 0 Å². The molecule has 0 atom stereocenters. The Morgan fingerprint density at radius 2 is 2.40 bits per heavy atom. The predicted molar refractivity (Wildman–Crippen MR) is 34.0 cm³/mol. The highest BCUT2D eigenvalue weighted by molar-refractivity contribution is 5.75. The molecule has 4 nitrogen and oxygen atoms in total. The molecule has 0 aromatic carbocycles. The van der Waals surface area contributed by atoms with Gasteiger partial charge in [0.2, 0.25) is 0 Å². The average molecular weight is 141 g/mol. The average Bonchev–Trinajstić information content (AvgIpc) is 2.37. The van der Waals surface area contributed by atoms with Gasteiger partial charge in [0.1, 0.15) is 24.3 Å². The van der Waals surface area contributed by atoms with Gasteiger partial charge in [-0.3, -0.25) is 0 Å². The number of hydrogen-bond donors (Lipinski definition) is 2. The summed E-state index contributed by atoms with van der Waals surface area (Å²) in [7, 11) is 0. The van der Waals surface area contributed by atoms with Crippen LogP contribution >= 0.6 is 0 Å². The van der Waals surface area contributed by atoms with Gasteiger partial charge in [-0.1, -0.05) is 5.16 Å². The van der Waals surface area contributed by atoms with Crippen molar-refractivity contribution in [2.45, 2.75) is 6.61 Å². The summed E-state index contributed by atoms with van der Waals surface area (Å²) in [6.07, 6.45) is 1.15. The summed E-state index contributed by atoms with van der Waals surface area (Å²) in [5.41, 5.74) is 0. The largest absolute Gasteiger partial charge is 0.458 e. The number of nitrogens with zero attached hydrogens (tertiary/aromatic N) is 1. The zero-order valence-corrected chi connectivity index (χ0v) is 5.19. The molecular weight excluding hydrogens is 134 g/mol. The van der Waals surface area contributed by atoms with Crippen molar-refractivity contribution < 1.29 is 14.7 Å². The Morgan fingerprint density at radius 1 is 1.60 bits per heavy atom. The van der Waals surface area contributed by atoms with E-state index < -0.39 is 0 Å². The van der Waals surface area contributed by atoms with Crippen molar-refractivity contribution in [3.05, 3.63) is 23.7 Å². The molecule has 54 valence electrons. The van der Waals surface area contributed by atoms with Gasteiger partial charge in [-0.05, 0) is 12.1 Å². The monoisotopic (exact) mass is 141 g/mol. The first-order valence-corrected chi connectivity index (χ1v) is 2.74. The van der Waals surface area contributed by atoms with Gasteiger partial charge in [-0.15, -0.1) is 0 Å². The molecule has 4 heteroatoms. The van der Waals surface area contributed by atoms with Gasteiger partial charge in [-0.2, -0.15) is 0 Å². The van der Waals surface area contributed by atoms with Crippen molar-refractivity contribution in [1.82, 2.24) is 0 Å². The van der Waals surface area contributed by atoms with E-state index in [9.17, 15) is 0 Å². The molecule has 10 heavy (non-hydrogen) atoms. The highest BCUT2D eigenvalue weighted by Gasteiger charge is 1.96. The number of rotatable bonds is 2. The van der Waals surface area contributed by atoms with E-state index in [-0.39, 0.29) is 6.61 Å². The molecule has 1 heterocycles. The molecule has 1 aromatic rings. The van der Waals surface area contributed by atoms with E-state index in [1.807, 2.05) is 0 Å². The van der Waals surface area contributed by atoms with Crippen LogP contribution in [0.25, 0.3) is 0 Å². The van der Waals surface area contributed by atoms with E-state index in [4.69, 9.17) is 14.7 Å². The molecule has 0 radical (unpaired) electrons. The van der Waals surface area contributed by atoms with Crippen molar-refractivity contribution in [2.24, 2.45) is 5.16 Å². The highest BCUT2D eigenvalue weighted by atomic mass is 16.4. The van der Waals surface area contributed by atoms with Gasteiger partial charge in [-0.25, -0.2) is 0 Å². The summed E-state index contributed by atoms with van der Waals surface area (Å²) in [5, 5.41) is 19.3. The fourth-order valence-electron chi connectivity index (χ4n) is 0.606. The van der Waals surface area contributed by atoms with E-state index >= 15 is 0 Å². The maximum atomic E-state index is 8.52. The Labute approximate surface area is 57.4 Å². The third-order valence-electron chi connectivity index (χ3n) is 1.02. The van der Waals surface area contributed by atoms with Gasteiger partial charge in [0.15, 0.2) is 0 Å². The quantitative estimate of drug-likeness (QED) is 0.359. The minimum atomic E-state index is -0.140. The van der Waals surface area contributed by atoms with Crippen molar-refractivity contribution in [2.75, 3.05) is 0 Å². The van der Waals surface area contributed by atoms with Crippen LogP contribution in [0.3, 0.4) is 0 Å². The Bertz CT molecular complexity index is 229. The smallest absolute Gasteiger partial charge is 0.148 e. The van der Waals surface area contributed by atoms with Crippen LogP contribution in [0.4, 0.5) is 0 Å². The van der Waals surface area contributed by atoms with Crippen LogP contribution in [-0.2, 0) is 6.61 Å². The second-order valence-corrected chi connectivity index (χ2v) is 1.71. The van der Waals surface area contributed by atoms with E-state index in [0.29, 0.717) is 11.5 Å². The molecule has 0 saturated heterocycles. The van der Waals surface area contributed by atoms with Gasteiger partial charge in [0, 0.05) is 0 Å². The SMILES string of the molecule is OCc1ccc(/C=N/O)o1. The Balaban J connectivity index is 2.78. The lowest BCUT2D eigenvalue weighted by molar-refractivity contribution is 0.246. The second kappa shape index (κ2) is 3.03. The molecule has 0 aliphatic carbocycles. The first-order valence-electron chi connectivity index (χ1n) is 2.74. The Hall–Kier alpha value is -1.29. The number of aliphatic hydroxyl groups excluding tert-OH is 1. The minimum absolute atomic E-state index is 0.140. The van der Waals surface area contributed by atoms with Crippen molar-refractivity contribution in [3.63, 3.8) is 0 Å². The molecule has 0 aliphatic heterocycles. The van der Waals surface area contributed by atoms with Crippen molar-refractivity contribution in [3.8, 4) is 0 Å². The van der Waals surface area contributed by atoms with Crippen molar-refractivity contribution in [1.29, 1.82) is 0 Å². The summed E-state index contributed by atoms with van der Waals surface area (Å²) < 4.78 is 4.91. The molecule has 0 amide bonds. The molecule has 0 bridgehead atoms. The molecular formula is C6H7NO3. The predicted octanol–water partition coefficient (Wildman–Crippen LogP) is 0.580. The molecule has 0 unspecified atom stereocenters. The molecule has 0 fully saturated rings.